The van der Waals surface area contributed by atoms with Crippen molar-refractivity contribution in [2.75, 3.05) is 18.2 Å². The van der Waals surface area contributed by atoms with Crippen molar-refractivity contribution in [2.24, 2.45) is 5.92 Å². The van der Waals surface area contributed by atoms with Gasteiger partial charge in [-0.2, -0.15) is 0 Å². The lowest BCUT2D eigenvalue weighted by Gasteiger charge is -2.31. The number of aromatic nitrogens is 4. The highest BCUT2D eigenvalue weighted by Crippen LogP contribution is 2.43. The number of anilines is 1. The number of carbonyl (C=O) groups excluding carboxylic acids is 1. The van der Waals surface area contributed by atoms with Crippen molar-refractivity contribution < 1.29 is 19.0 Å². The molecule has 244 valence electrons. The maximum atomic E-state index is 14.4. The minimum absolute atomic E-state index is 0.0785. The Hall–Kier alpha value is -4.29. The van der Waals surface area contributed by atoms with Crippen LogP contribution in [0.25, 0.3) is 11.0 Å². The third-order valence-electron chi connectivity index (χ3n) is 9.24. The molecule has 2 aliphatic rings. The summed E-state index contributed by atoms with van der Waals surface area (Å²) in [6, 6.07) is 9.91. The number of nitrogens with one attached hydrogen (secondary N) is 2. The molecular formula is C34H42FN7O4. The number of halogens is 1. The van der Waals surface area contributed by atoms with Crippen LogP contribution in [0.3, 0.4) is 0 Å². The third kappa shape index (κ3) is 6.23. The minimum atomic E-state index is -0.514. The highest BCUT2D eigenvalue weighted by molar-refractivity contribution is 5.97. The van der Waals surface area contributed by atoms with Crippen LogP contribution in [0.15, 0.2) is 53.7 Å². The second-order valence-corrected chi connectivity index (χ2v) is 13.1. The van der Waals surface area contributed by atoms with E-state index in [9.17, 15) is 19.1 Å². The van der Waals surface area contributed by atoms with Crippen LogP contribution in [-0.4, -0.2) is 66.2 Å². The zero-order valence-corrected chi connectivity index (χ0v) is 26.8. The lowest BCUT2D eigenvalue weighted by molar-refractivity contribution is 0.0640. The fourth-order valence-corrected chi connectivity index (χ4v) is 7.28. The summed E-state index contributed by atoms with van der Waals surface area (Å²) in [5.41, 5.74) is 6.35. The molecule has 6 rings (SSSR count). The van der Waals surface area contributed by atoms with E-state index in [0.717, 1.165) is 49.7 Å². The first-order valence-electron chi connectivity index (χ1n) is 16.0. The predicted molar refractivity (Wildman–Crippen MR) is 173 cm³/mol. The van der Waals surface area contributed by atoms with Crippen LogP contribution >= 0.6 is 0 Å². The molecule has 1 amide bonds. The Labute approximate surface area is 267 Å². The van der Waals surface area contributed by atoms with E-state index in [0.29, 0.717) is 17.5 Å². The summed E-state index contributed by atoms with van der Waals surface area (Å²) in [4.78, 5) is 39.2. The van der Waals surface area contributed by atoms with Crippen molar-refractivity contribution >= 4 is 22.8 Å². The normalized spacial score (nSPS) is 19.7. The molecule has 1 spiro atoms. The van der Waals surface area contributed by atoms with Crippen LogP contribution in [0.1, 0.15) is 69.3 Å². The monoisotopic (exact) mass is 631 g/mol. The maximum Gasteiger partial charge on any atom is 0.326 e. The van der Waals surface area contributed by atoms with E-state index in [1.54, 1.807) is 15.7 Å². The number of fused-ring (bicyclic) bond motifs is 1. The Morgan fingerprint density at radius 2 is 1.96 bits per heavy atom. The lowest BCUT2D eigenvalue weighted by atomic mass is 9.91. The number of benzene rings is 2. The summed E-state index contributed by atoms with van der Waals surface area (Å²) in [6.07, 6.45) is 7.94. The smallest absolute Gasteiger partial charge is 0.326 e. The number of carbonyl (C=O) groups is 1. The fourth-order valence-electron chi connectivity index (χ4n) is 7.28. The molecule has 11 nitrogen and oxygen atoms in total. The van der Waals surface area contributed by atoms with Gasteiger partial charge in [-0.3, -0.25) is 14.4 Å². The van der Waals surface area contributed by atoms with Crippen molar-refractivity contribution in [3.8, 4) is 11.5 Å². The zero-order chi connectivity index (χ0) is 32.6. The van der Waals surface area contributed by atoms with Gasteiger partial charge in [0.25, 0.3) is 5.91 Å². The molecule has 0 radical (unpaired) electrons. The van der Waals surface area contributed by atoms with Crippen molar-refractivity contribution in [1.29, 1.82) is 0 Å². The number of aliphatic hydroxyl groups is 1. The second kappa shape index (κ2) is 12.8. The molecule has 0 bridgehead atoms. The van der Waals surface area contributed by atoms with E-state index in [4.69, 9.17) is 4.74 Å². The number of H-pyrrole nitrogens is 1. The summed E-state index contributed by atoms with van der Waals surface area (Å²) in [5.74, 6) is 0.826. The molecule has 2 aromatic heterocycles. The Bertz CT molecular complexity index is 1780. The van der Waals surface area contributed by atoms with Gasteiger partial charge in [0.15, 0.2) is 11.6 Å². The van der Waals surface area contributed by atoms with Gasteiger partial charge in [0.2, 0.25) is 0 Å². The first kappa shape index (κ1) is 31.7. The number of hydrazine groups is 1. The van der Waals surface area contributed by atoms with Gasteiger partial charge < -0.3 is 19.7 Å². The quantitative estimate of drug-likeness (QED) is 0.228. The predicted octanol–water partition coefficient (Wildman–Crippen LogP) is 4.80. The molecule has 46 heavy (non-hydrogen) atoms. The molecule has 2 fully saturated rings. The SMILES string of the molecule is CC(C)N(C(=O)c1cc(F)ccc1Oc1cncnc1N1CCC2(CCC(Cc3ccc4c(c3)[nH]c(=O)n4CCO)C2)N1)C(C)C. The zero-order valence-electron chi connectivity index (χ0n) is 26.8. The van der Waals surface area contributed by atoms with Gasteiger partial charge in [0.05, 0.1) is 35.9 Å². The summed E-state index contributed by atoms with van der Waals surface area (Å²) in [5, 5.41) is 11.3. The van der Waals surface area contributed by atoms with Gasteiger partial charge in [-0.15, -0.1) is 0 Å². The lowest BCUT2D eigenvalue weighted by Crippen LogP contribution is -2.44. The molecule has 3 N–H and O–H groups in total. The van der Waals surface area contributed by atoms with Crippen LogP contribution in [0.4, 0.5) is 10.2 Å². The summed E-state index contributed by atoms with van der Waals surface area (Å²) in [6.45, 7) is 8.62. The molecule has 2 aromatic carbocycles. The van der Waals surface area contributed by atoms with Crippen molar-refractivity contribution in [2.45, 2.75) is 84.0 Å². The molecule has 4 aromatic rings. The minimum Gasteiger partial charge on any atom is -0.451 e. The van der Waals surface area contributed by atoms with Crippen molar-refractivity contribution in [3.05, 3.63) is 76.4 Å². The standard InChI is InChI=1S/C34H42FN7O4/c1-21(2)42(22(3)4)32(44)26-17-25(35)6-8-29(26)46-30-19-36-20-37-31(30)41-12-11-34(39-41)10-9-24(18-34)15-23-5-7-28-27(16-23)38-33(45)40(28)13-14-43/h5-8,16-17,19-22,24,39,43H,9-15,18H2,1-4H3,(H,38,45). The van der Waals surface area contributed by atoms with Crippen molar-refractivity contribution in [1.82, 2.24) is 29.8 Å². The van der Waals surface area contributed by atoms with Crippen molar-refractivity contribution in [3.63, 3.8) is 0 Å². The summed E-state index contributed by atoms with van der Waals surface area (Å²) >= 11 is 0. The highest BCUT2D eigenvalue weighted by atomic mass is 19.1. The molecule has 1 saturated carbocycles. The first-order chi connectivity index (χ1) is 22.1. The van der Waals surface area contributed by atoms with E-state index in [2.05, 4.69) is 26.4 Å². The van der Waals surface area contributed by atoms with Crippen LogP contribution < -0.4 is 20.9 Å². The van der Waals surface area contributed by atoms with E-state index in [-0.39, 0.29) is 53.7 Å². The summed E-state index contributed by atoms with van der Waals surface area (Å²) in [7, 11) is 0. The van der Waals surface area contributed by atoms with E-state index >= 15 is 0 Å². The number of amides is 1. The molecule has 2 atom stereocenters. The Morgan fingerprint density at radius 1 is 1.15 bits per heavy atom. The Balaban J connectivity index is 1.17. The molecule has 1 aliphatic heterocycles. The number of hydrogen-bond donors (Lipinski definition) is 3. The number of imidazole rings is 1. The van der Waals surface area contributed by atoms with Crippen LogP contribution in [0, 0.1) is 11.7 Å². The van der Waals surface area contributed by atoms with Gasteiger partial charge in [-0.1, -0.05) is 6.07 Å². The second-order valence-electron chi connectivity index (χ2n) is 13.1. The average Bonchev–Trinajstić information content (AvgIpc) is 3.70. The van der Waals surface area contributed by atoms with Gasteiger partial charge in [-0.05, 0) is 102 Å². The third-order valence-corrected chi connectivity index (χ3v) is 9.24. The van der Waals surface area contributed by atoms with Crippen LogP contribution in [0.2, 0.25) is 0 Å². The van der Waals surface area contributed by atoms with Gasteiger partial charge in [0, 0.05) is 24.2 Å². The van der Waals surface area contributed by atoms with Gasteiger partial charge in [-0.25, -0.2) is 24.6 Å². The van der Waals surface area contributed by atoms with E-state index in [1.165, 1.54) is 30.1 Å². The number of aromatic amines is 1. The van der Waals surface area contributed by atoms with Crippen LogP contribution in [0.5, 0.6) is 11.5 Å². The number of rotatable bonds is 10. The number of ether oxygens (including phenoxy) is 1. The molecule has 1 saturated heterocycles. The van der Waals surface area contributed by atoms with Crippen LogP contribution in [-0.2, 0) is 13.0 Å². The Morgan fingerprint density at radius 3 is 2.72 bits per heavy atom. The number of hydrogen-bond acceptors (Lipinski definition) is 8. The molecule has 2 unspecified atom stereocenters. The molecule has 3 heterocycles. The molecule has 1 aliphatic carbocycles. The fraction of sp³-hybridized carbons (Fsp3) is 0.471. The van der Waals surface area contributed by atoms with E-state index in [1.807, 2.05) is 44.8 Å². The van der Waals surface area contributed by atoms with E-state index < -0.39 is 5.82 Å². The Kier molecular flexibility index (Phi) is 8.84. The topological polar surface area (TPSA) is 129 Å². The molecule has 12 heteroatoms. The number of aliphatic hydroxyl groups excluding tert-OH is 1. The highest BCUT2D eigenvalue weighted by Gasteiger charge is 2.44. The molecular weight excluding hydrogens is 589 g/mol. The maximum absolute atomic E-state index is 14.4. The summed E-state index contributed by atoms with van der Waals surface area (Å²) < 4.78 is 22.2. The first-order valence-corrected chi connectivity index (χ1v) is 16.0. The number of nitrogens with zero attached hydrogens (tertiary/aromatic N) is 5. The van der Waals surface area contributed by atoms with Gasteiger partial charge >= 0.3 is 5.69 Å². The average molecular weight is 632 g/mol. The van der Waals surface area contributed by atoms with Gasteiger partial charge in [0.1, 0.15) is 17.9 Å². The largest absolute Gasteiger partial charge is 0.451 e.